The van der Waals surface area contributed by atoms with Crippen molar-refractivity contribution in [1.82, 2.24) is 4.72 Å². The average molecular weight is 517 g/mol. The zero-order chi connectivity index (χ0) is 22.7. The van der Waals surface area contributed by atoms with Gasteiger partial charge >= 0.3 is 0 Å². The van der Waals surface area contributed by atoms with Crippen molar-refractivity contribution >= 4 is 36.8 Å². The largest absolute Gasteiger partial charge is 0.392 e. The van der Waals surface area contributed by atoms with E-state index in [4.69, 9.17) is 0 Å². The first-order valence-corrected chi connectivity index (χ1v) is 13.3. The van der Waals surface area contributed by atoms with Gasteiger partial charge in [-0.25, -0.2) is 13.1 Å². The van der Waals surface area contributed by atoms with Crippen molar-refractivity contribution in [3.8, 4) is 0 Å². The van der Waals surface area contributed by atoms with Gasteiger partial charge in [-0.15, -0.1) is 0 Å². The van der Waals surface area contributed by atoms with Crippen molar-refractivity contribution in [3.63, 3.8) is 0 Å². The predicted octanol–water partition coefficient (Wildman–Crippen LogP) is 4.32. The van der Waals surface area contributed by atoms with Crippen LogP contribution in [0.25, 0.3) is 0 Å². The summed E-state index contributed by atoms with van der Waals surface area (Å²) < 4.78 is 41.8. The molecule has 0 aliphatic rings. The first kappa shape index (κ1) is 25.2. The van der Waals surface area contributed by atoms with Gasteiger partial charge in [-0.05, 0) is 57.5 Å². The van der Waals surface area contributed by atoms with Crippen molar-refractivity contribution < 1.29 is 17.7 Å². The second kappa shape index (κ2) is 10.0. The minimum Gasteiger partial charge on any atom is -0.392 e. The van der Waals surface area contributed by atoms with Crippen molar-refractivity contribution in [3.05, 3.63) is 64.1 Å². The minimum absolute atomic E-state index is 0.0734. The van der Waals surface area contributed by atoms with Crippen molar-refractivity contribution in [1.29, 1.82) is 0 Å². The van der Waals surface area contributed by atoms with Gasteiger partial charge in [0.2, 0.25) is 10.0 Å². The number of aliphatic hydroxyl groups is 1. The van der Waals surface area contributed by atoms with Gasteiger partial charge in [0, 0.05) is 25.9 Å². The first-order valence-electron chi connectivity index (χ1n) is 9.72. The highest BCUT2D eigenvalue weighted by atomic mass is 79.9. The highest BCUT2D eigenvalue weighted by Crippen LogP contribution is 2.29. The molecule has 4 atom stereocenters. The Bertz CT molecular complexity index is 968. The van der Waals surface area contributed by atoms with Gasteiger partial charge in [0.15, 0.2) is 0 Å². The smallest absolute Gasteiger partial charge is 0.241 e. The summed E-state index contributed by atoms with van der Waals surface area (Å²) in [5.41, 5.74) is 1.69. The maximum absolute atomic E-state index is 13.0. The summed E-state index contributed by atoms with van der Waals surface area (Å²) in [7, 11) is -5.08. The van der Waals surface area contributed by atoms with E-state index < -0.39 is 43.6 Å². The molecular formula is C22H30BrNO4S2. The Kier molecular flexibility index (Phi) is 8.43. The van der Waals surface area contributed by atoms with Crippen molar-refractivity contribution in [2.75, 3.05) is 5.75 Å². The van der Waals surface area contributed by atoms with Gasteiger partial charge in [-0.3, -0.25) is 4.21 Å². The molecule has 0 heterocycles. The second-order valence-electron chi connectivity index (χ2n) is 8.51. The van der Waals surface area contributed by atoms with E-state index in [1.165, 1.54) is 0 Å². The number of rotatable bonds is 8. The molecule has 0 saturated carbocycles. The van der Waals surface area contributed by atoms with Gasteiger partial charge < -0.3 is 5.11 Å². The number of aryl methyl sites for hydroxylation is 1. The van der Waals surface area contributed by atoms with E-state index in [2.05, 4.69) is 20.7 Å². The van der Waals surface area contributed by atoms with Gasteiger partial charge in [-0.2, -0.15) is 0 Å². The monoisotopic (exact) mass is 515 g/mol. The van der Waals surface area contributed by atoms with Crippen LogP contribution in [0.5, 0.6) is 0 Å². The summed E-state index contributed by atoms with van der Waals surface area (Å²) in [6.07, 6.45) is -0.945. The summed E-state index contributed by atoms with van der Waals surface area (Å²) in [4.78, 5) is 0.162. The highest BCUT2D eigenvalue weighted by molar-refractivity contribution is 9.10. The Labute approximate surface area is 190 Å². The molecule has 0 aromatic heterocycles. The van der Waals surface area contributed by atoms with Crippen LogP contribution in [0.4, 0.5) is 0 Å². The summed E-state index contributed by atoms with van der Waals surface area (Å²) in [6.45, 7) is 9.23. The fraction of sp³-hybridized carbons (Fsp3) is 0.455. The molecular weight excluding hydrogens is 486 g/mol. The maximum Gasteiger partial charge on any atom is 0.241 e. The number of aliphatic hydroxyl groups excluding tert-OH is 1. The molecule has 0 radical (unpaired) electrons. The molecule has 0 spiro atoms. The molecule has 2 aromatic carbocycles. The Hall–Kier alpha value is -1.06. The Morgan fingerprint density at radius 1 is 1.07 bits per heavy atom. The first-order chi connectivity index (χ1) is 13.8. The molecule has 2 aromatic rings. The predicted molar refractivity (Wildman–Crippen MR) is 126 cm³/mol. The molecule has 0 amide bonds. The maximum atomic E-state index is 13.0. The number of benzene rings is 2. The molecule has 2 rings (SSSR count). The van der Waals surface area contributed by atoms with Crippen LogP contribution in [0, 0.1) is 12.8 Å². The lowest BCUT2D eigenvalue weighted by atomic mass is 9.91. The van der Waals surface area contributed by atoms with Gasteiger partial charge in [0.05, 0.1) is 22.8 Å². The fourth-order valence-electron chi connectivity index (χ4n) is 2.88. The Balaban J connectivity index is 2.36. The summed E-state index contributed by atoms with van der Waals surface area (Å²) in [5.74, 6) is -0.429. The van der Waals surface area contributed by atoms with Crippen LogP contribution >= 0.6 is 15.9 Å². The van der Waals surface area contributed by atoms with E-state index >= 15 is 0 Å². The SMILES string of the molecule is Cc1ccc(S(=O)(=O)N[C@@H](c2ccc(Br)cc2)[C@@H](C)[C@@H](O)CS(=O)C(C)(C)C)cc1. The topological polar surface area (TPSA) is 83.5 Å². The van der Waals surface area contributed by atoms with Crippen molar-refractivity contribution in [2.24, 2.45) is 5.92 Å². The molecule has 0 aliphatic carbocycles. The summed E-state index contributed by atoms with van der Waals surface area (Å²) in [5, 5.41) is 10.8. The van der Waals surface area contributed by atoms with Crippen LogP contribution in [0.3, 0.4) is 0 Å². The van der Waals surface area contributed by atoms with Crippen LogP contribution < -0.4 is 4.72 Å². The average Bonchev–Trinajstić information content (AvgIpc) is 2.66. The summed E-state index contributed by atoms with van der Waals surface area (Å²) >= 11 is 3.39. The van der Waals surface area contributed by atoms with Crippen LogP contribution in [0.15, 0.2) is 57.9 Å². The van der Waals surface area contributed by atoms with Crippen LogP contribution in [0.1, 0.15) is 44.9 Å². The summed E-state index contributed by atoms with van der Waals surface area (Å²) in [6, 6.07) is 13.2. The van der Waals surface area contributed by atoms with E-state index in [-0.39, 0.29) is 10.6 Å². The number of nitrogens with one attached hydrogen (secondary N) is 1. The van der Waals surface area contributed by atoms with E-state index in [9.17, 15) is 17.7 Å². The third kappa shape index (κ3) is 6.72. The van der Waals surface area contributed by atoms with E-state index in [0.717, 1.165) is 15.6 Å². The molecule has 0 bridgehead atoms. The normalized spacial score (nSPS) is 16.6. The van der Waals surface area contributed by atoms with E-state index in [0.29, 0.717) is 0 Å². The number of hydrogen-bond donors (Lipinski definition) is 2. The number of sulfonamides is 1. The molecule has 5 nitrogen and oxygen atoms in total. The van der Waals surface area contributed by atoms with Crippen LogP contribution in [-0.4, -0.2) is 34.3 Å². The molecule has 2 N–H and O–H groups in total. The van der Waals surface area contributed by atoms with Gasteiger partial charge in [0.1, 0.15) is 0 Å². The minimum atomic E-state index is -3.82. The highest BCUT2D eigenvalue weighted by Gasteiger charge is 2.33. The van der Waals surface area contributed by atoms with Gasteiger partial charge in [0.25, 0.3) is 0 Å². The third-order valence-corrected chi connectivity index (χ3v) is 8.98. The Morgan fingerprint density at radius 3 is 2.10 bits per heavy atom. The molecule has 0 saturated heterocycles. The van der Waals surface area contributed by atoms with Crippen LogP contribution in [-0.2, 0) is 20.8 Å². The molecule has 0 aliphatic heterocycles. The number of hydrogen-bond acceptors (Lipinski definition) is 4. The fourth-order valence-corrected chi connectivity index (χ4v) is 5.57. The lowest BCUT2D eigenvalue weighted by Gasteiger charge is -2.30. The molecule has 30 heavy (non-hydrogen) atoms. The quantitative estimate of drug-likeness (QED) is 0.548. The second-order valence-corrected chi connectivity index (χ2v) is 13.4. The lowest BCUT2D eigenvalue weighted by Crippen LogP contribution is -2.40. The lowest BCUT2D eigenvalue weighted by molar-refractivity contribution is 0.119. The Morgan fingerprint density at radius 2 is 1.60 bits per heavy atom. The zero-order valence-corrected chi connectivity index (χ0v) is 21.1. The number of halogens is 1. The molecule has 0 fully saturated rings. The van der Waals surface area contributed by atoms with Crippen LogP contribution in [0.2, 0.25) is 0 Å². The molecule has 1 unspecified atom stereocenters. The molecule has 166 valence electrons. The zero-order valence-electron chi connectivity index (χ0n) is 17.9. The molecule has 8 heteroatoms. The van der Waals surface area contributed by atoms with Crippen molar-refractivity contribution in [2.45, 2.75) is 56.4 Å². The van der Waals surface area contributed by atoms with E-state index in [1.54, 1.807) is 31.2 Å². The van der Waals surface area contributed by atoms with E-state index in [1.807, 2.05) is 52.0 Å². The standard InChI is InChI=1S/C22H30BrNO4S2/c1-15-6-12-19(13-7-15)30(27,28)24-21(17-8-10-18(23)11-9-17)16(2)20(25)14-29(26)22(3,4)5/h6-13,16,20-21,24-25H,14H2,1-5H3/t16-,20-,21+,29?/m0/s1. The third-order valence-electron chi connectivity index (χ3n) is 4.98. The van der Waals surface area contributed by atoms with Gasteiger partial charge in [-0.1, -0.05) is 52.7 Å².